The lowest BCUT2D eigenvalue weighted by Crippen LogP contribution is -2.37. The van der Waals surface area contributed by atoms with Crippen molar-refractivity contribution in [2.24, 2.45) is 0 Å². The van der Waals surface area contributed by atoms with Gasteiger partial charge in [0, 0.05) is 34.4 Å². The third-order valence-corrected chi connectivity index (χ3v) is 4.76. The summed E-state index contributed by atoms with van der Waals surface area (Å²) in [5, 5.41) is 14.5. The van der Waals surface area contributed by atoms with Gasteiger partial charge in [-0.15, -0.1) is 0 Å². The number of urea groups is 1. The molecule has 0 saturated carbocycles. The molecule has 7 heteroatoms. The van der Waals surface area contributed by atoms with E-state index in [1.54, 1.807) is 17.0 Å². The lowest BCUT2D eigenvalue weighted by atomic mass is 10.1. The number of nitrogens with one attached hydrogen (secondary N) is 1. The minimum absolute atomic E-state index is 0.0499. The first-order valence-corrected chi connectivity index (χ1v) is 8.53. The van der Waals surface area contributed by atoms with Gasteiger partial charge >= 0.3 is 6.03 Å². The number of hydrogen-bond donors (Lipinski definition) is 2. The van der Waals surface area contributed by atoms with Gasteiger partial charge in [0.05, 0.1) is 19.2 Å². The molecule has 4 rings (SSSR count). The molecule has 0 spiro atoms. The van der Waals surface area contributed by atoms with Gasteiger partial charge in [-0.1, -0.05) is 0 Å². The molecule has 136 valence electrons. The van der Waals surface area contributed by atoms with Crippen LogP contribution in [0, 0.1) is 11.6 Å². The Morgan fingerprint density at radius 3 is 2.19 bits per heavy atom. The smallest absolute Gasteiger partial charge is 0.317 e. The van der Waals surface area contributed by atoms with Crippen LogP contribution < -0.4 is 5.32 Å². The Morgan fingerprint density at radius 1 is 1.12 bits per heavy atom. The van der Waals surface area contributed by atoms with Crippen LogP contribution in [0.25, 0.3) is 21.8 Å². The van der Waals surface area contributed by atoms with E-state index in [4.69, 9.17) is 0 Å². The summed E-state index contributed by atoms with van der Waals surface area (Å²) in [5.41, 5.74) is 1.43. The summed E-state index contributed by atoms with van der Waals surface area (Å²) in [6.45, 7) is 2.86. The molecule has 0 bridgehead atoms. The van der Waals surface area contributed by atoms with Crippen LogP contribution in [0.1, 0.15) is 6.92 Å². The van der Waals surface area contributed by atoms with E-state index in [2.05, 4.69) is 5.32 Å². The number of amides is 2. The van der Waals surface area contributed by atoms with E-state index in [0.29, 0.717) is 28.4 Å². The van der Waals surface area contributed by atoms with E-state index in [9.17, 15) is 18.7 Å². The minimum atomic E-state index is -0.806. The molecule has 26 heavy (non-hydrogen) atoms. The lowest BCUT2D eigenvalue weighted by molar-refractivity contribution is 0.117. The zero-order valence-corrected chi connectivity index (χ0v) is 14.2. The second-order valence-corrected chi connectivity index (χ2v) is 6.84. The third kappa shape index (κ3) is 2.88. The Bertz CT molecular complexity index is 942. The zero-order valence-electron chi connectivity index (χ0n) is 14.2. The van der Waals surface area contributed by atoms with Gasteiger partial charge in [-0.3, -0.25) is 0 Å². The van der Waals surface area contributed by atoms with Crippen molar-refractivity contribution in [3.63, 3.8) is 0 Å². The van der Waals surface area contributed by atoms with Crippen LogP contribution in [0.3, 0.4) is 0 Å². The predicted octanol–water partition coefficient (Wildman–Crippen LogP) is 2.85. The number of aliphatic hydroxyl groups is 1. The molecule has 0 radical (unpaired) electrons. The normalized spacial score (nSPS) is 18.7. The molecule has 1 saturated heterocycles. The van der Waals surface area contributed by atoms with E-state index < -0.39 is 17.7 Å². The first-order chi connectivity index (χ1) is 12.4. The van der Waals surface area contributed by atoms with Gasteiger partial charge in [0.2, 0.25) is 0 Å². The van der Waals surface area contributed by atoms with Crippen molar-refractivity contribution in [1.29, 1.82) is 0 Å². The zero-order chi connectivity index (χ0) is 18.4. The third-order valence-electron chi connectivity index (χ3n) is 4.76. The number of hydrogen-bond acceptors (Lipinski definition) is 2. The number of carbonyl (C=O) groups is 1. The van der Waals surface area contributed by atoms with E-state index >= 15 is 0 Å². The molecule has 5 nitrogen and oxygen atoms in total. The van der Waals surface area contributed by atoms with Crippen LogP contribution >= 0.6 is 0 Å². The average Bonchev–Trinajstić information content (AvgIpc) is 3.04. The number of nitrogens with zero attached hydrogens (tertiary/aromatic N) is 2. The Morgan fingerprint density at radius 2 is 1.69 bits per heavy atom. The second kappa shape index (κ2) is 6.25. The molecule has 2 heterocycles. The first kappa shape index (κ1) is 16.8. The summed E-state index contributed by atoms with van der Waals surface area (Å²) in [4.78, 5) is 13.4. The fraction of sp³-hybridized carbons (Fsp3) is 0.316. The first-order valence-electron chi connectivity index (χ1n) is 8.53. The highest BCUT2D eigenvalue weighted by atomic mass is 19.1. The fourth-order valence-electron chi connectivity index (χ4n) is 3.69. The Hall–Kier alpha value is -2.67. The molecule has 3 aromatic rings. The number of carbonyl (C=O) groups excluding carboxylic acids is 1. The van der Waals surface area contributed by atoms with Crippen molar-refractivity contribution in [3.05, 3.63) is 48.0 Å². The Labute approximate surface area is 148 Å². The summed E-state index contributed by atoms with van der Waals surface area (Å²) >= 11 is 0. The van der Waals surface area contributed by atoms with E-state index in [-0.39, 0.29) is 25.2 Å². The quantitative estimate of drug-likeness (QED) is 0.753. The van der Waals surface area contributed by atoms with Crippen LogP contribution in [0.4, 0.5) is 13.6 Å². The lowest BCUT2D eigenvalue weighted by Gasteiger charge is -2.20. The average molecular weight is 359 g/mol. The summed E-state index contributed by atoms with van der Waals surface area (Å²) < 4.78 is 29.2. The van der Waals surface area contributed by atoms with Gasteiger partial charge in [-0.2, -0.15) is 0 Å². The van der Waals surface area contributed by atoms with E-state index in [0.717, 1.165) is 0 Å². The summed E-state index contributed by atoms with van der Waals surface area (Å²) in [7, 11) is 0. The van der Waals surface area contributed by atoms with Gasteiger partial charge in [-0.25, -0.2) is 13.6 Å². The molecule has 1 fully saturated rings. The van der Waals surface area contributed by atoms with Crippen molar-refractivity contribution in [2.75, 3.05) is 13.1 Å². The number of β-amino-alcohol motifs (C(OH)–C–C–N with tert-alkyl or cyclic N) is 1. The van der Waals surface area contributed by atoms with Crippen LogP contribution in [-0.4, -0.2) is 45.8 Å². The monoisotopic (exact) mass is 359 g/mol. The summed E-state index contributed by atoms with van der Waals surface area (Å²) in [5.74, 6) is -0.798. The number of aromatic nitrogens is 1. The van der Waals surface area contributed by atoms with Crippen molar-refractivity contribution in [3.8, 4) is 0 Å². The predicted molar refractivity (Wildman–Crippen MR) is 94.9 cm³/mol. The second-order valence-electron chi connectivity index (χ2n) is 6.84. The number of halogens is 2. The van der Waals surface area contributed by atoms with Crippen LogP contribution in [0.15, 0.2) is 36.4 Å². The molecule has 1 aliphatic heterocycles. The maximum Gasteiger partial charge on any atom is 0.317 e. The van der Waals surface area contributed by atoms with Crippen molar-refractivity contribution in [2.45, 2.75) is 25.6 Å². The van der Waals surface area contributed by atoms with Crippen molar-refractivity contribution in [1.82, 2.24) is 14.8 Å². The largest absolute Gasteiger partial charge is 0.389 e. The Balaban J connectivity index is 1.70. The van der Waals surface area contributed by atoms with Gasteiger partial charge in [0.25, 0.3) is 0 Å². The highest BCUT2D eigenvalue weighted by Gasteiger charge is 2.27. The molecule has 2 atom stereocenters. The van der Waals surface area contributed by atoms with Gasteiger partial charge in [-0.05, 0) is 43.3 Å². The highest BCUT2D eigenvalue weighted by Crippen LogP contribution is 2.30. The van der Waals surface area contributed by atoms with Gasteiger partial charge in [0.1, 0.15) is 11.6 Å². The van der Waals surface area contributed by atoms with E-state index in [1.165, 1.54) is 24.3 Å². The number of fused-ring (bicyclic) bond motifs is 3. The Kier molecular flexibility index (Phi) is 4.03. The van der Waals surface area contributed by atoms with Crippen LogP contribution in [-0.2, 0) is 6.54 Å². The molecule has 0 unspecified atom stereocenters. The van der Waals surface area contributed by atoms with Gasteiger partial charge in [0.15, 0.2) is 0 Å². The minimum Gasteiger partial charge on any atom is -0.389 e. The number of aliphatic hydroxyl groups excluding tert-OH is 1. The van der Waals surface area contributed by atoms with Gasteiger partial charge < -0.3 is 19.9 Å². The van der Waals surface area contributed by atoms with Crippen LogP contribution in [0.5, 0.6) is 0 Å². The molecule has 1 aliphatic rings. The number of benzene rings is 2. The SMILES string of the molecule is C[C@@H]1CN(C[C@@H](O)Cn2c3ccc(F)cc3c3cc(F)ccc32)C(=O)N1. The fourth-order valence-corrected chi connectivity index (χ4v) is 3.69. The topological polar surface area (TPSA) is 57.5 Å². The maximum atomic E-state index is 13.7. The molecule has 2 aromatic carbocycles. The summed E-state index contributed by atoms with van der Waals surface area (Å²) in [6, 6.07) is 8.54. The molecule has 0 aliphatic carbocycles. The maximum absolute atomic E-state index is 13.7. The molecule has 1 aromatic heterocycles. The number of rotatable bonds is 4. The van der Waals surface area contributed by atoms with Crippen LogP contribution in [0.2, 0.25) is 0 Å². The molecular formula is C19H19F2N3O2. The molecule has 2 N–H and O–H groups in total. The van der Waals surface area contributed by atoms with Crippen molar-refractivity contribution < 1.29 is 18.7 Å². The highest BCUT2D eigenvalue weighted by molar-refractivity contribution is 6.08. The molecule has 2 amide bonds. The molecular weight excluding hydrogens is 340 g/mol. The van der Waals surface area contributed by atoms with E-state index in [1.807, 2.05) is 11.5 Å². The van der Waals surface area contributed by atoms with Crippen molar-refractivity contribution >= 4 is 27.8 Å². The standard InChI is InChI=1S/C19H19F2N3O2/c1-11-8-23(19(26)22-11)9-14(25)10-24-17-4-2-12(20)6-15(17)16-7-13(21)3-5-18(16)24/h2-7,11,14,25H,8-10H2,1H3,(H,22,26)/t11-,14-/m1/s1. The summed E-state index contributed by atoms with van der Waals surface area (Å²) in [6.07, 6.45) is -0.806.